The molecular formula is C31H36N4O5. The van der Waals surface area contributed by atoms with Crippen molar-refractivity contribution in [2.45, 2.75) is 65.1 Å². The van der Waals surface area contributed by atoms with E-state index in [1.807, 2.05) is 63.3 Å². The number of nitrogens with zero attached hydrogens (tertiary/aromatic N) is 2. The number of fused-ring (bicyclic) bond motifs is 2. The molecule has 0 saturated carbocycles. The molecule has 9 heteroatoms. The number of methoxy groups -OCH3 is 1. The molecule has 2 heterocycles. The Kier molecular flexibility index (Phi) is 8.42. The number of para-hydroxylation sites is 1. The maximum absolute atomic E-state index is 14.1. The fraction of sp³-hybridized carbons (Fsp3) is 0.355. The standard InChI is InChI=1S/C31H36N4O5/c1-6-7-8-11-20-14-15-25-22(18-20)29(38)34(17-16-26(36)40-5)30(39)35(25)27(28(37)33-31(2,3)4)23-19-32-24-13-10-9-12-21(23)24/h8-15,18-19,27,32H,6-7,16-17H2,1-5H3,(H,33,37). The van der Waals surface area contributed by atoms with Gasteiger partial charge in [0.05, 0.1) is 24.4 Å². The van der Waals surface area contributed by atoms with Gasteiger partial charge in [0.1, 0.15) is 6.04 Å². The van der Waals surface area contributed by atoms with Gasteiger partial charge in [-0.15, -0.1) is 0 Å². The molecule has 1 unspecified atom stereocenters. The second kappa shape index (κ2) is 11.8. The molecule has 2 N–H and O–H groups in total. The Bertz CT molecular complexity index is 1700. The third kappa shape index (κ3) is 5.93. The summed E-state index contributed by atoms with van der Waals surface area (Å²) in [5, 5.41) is 4.07. The Morgan fingerprint density at radius 1 is 1.10 bits per heavy atom. The van der Waals surface area contributed by atoms with Gasteiger partial charge in [-0.2, -0.15) is 0 Å². The van der Waals surface area contributed by atoms with Crippen LogP contribution in [0.4, 0.5) is 0 Å². The normalized spacial score (nSPS) is 12.7. The van der Waals surface area contributed by atoms with Crippen LogP contribution in [0.5, 0.6) is 0 Å². The highest BCUT2D eigenvalue weighted by molar-refractivity contribution is 5.94. The fourth-order valence-electron chi connectivity index (χ4n) is 4.80. The Balaban J connectivity index is 2.05. The van der Waals surface area contributed by atoms with Crippen molar-refractivity contribution < 1.29 is 14.3 Å². The summed E-state index contributed by atoms with van der Waals surface area (Å²) in [4.78, 5) is 56.9. The van der Waals surface area contributed by atoms with Crippen LogP contribution in [0.25, 0.3) is 27.9 Å². The summed E-state index contributed by atoms with van der Waals surface area (Å²) in [6.45, 7) is 7.49. The maximum Gasteiger partial charge on any atom is 0.332 e. The molecule has 0 saturated heterocycles. The average molecular weight is 545 g/mol. The smallest absolute Gasteiger partial charge is 0.332 e. The molecule has 9 nitrogen and oxygen atoms in total. The third-order valence-corrected chi connectivity index (χ3v) is 6.65. The van der Waals surface area contributed by atoms with E-state index in [2.05, 4.69) is 17.2 Å². The van der Waals surface area contributed by atoms with Crippen LogP contribution in [-0.2, 0) is 20.9 Å². The summed E-state index contributed by atoms with van der Waals surface area (Å²) < 4.78 is 7.13. The van der Waals surface area contributed by atoms with Gasteiger partial charge < -0.3 is 15.0 Å². The molecule has 0 radical (unpaired) electrons. The summed E-state index contributed by atoms with van der Waals surface area (Å²) in [6, 6.07) is 11.7. The summed E-state index contributed by atoms with van der Waals surface area (Å²) in [6.07, 6.45) is 7.38. The van der Waals surface area contributed by atoms with E-state index in [-0.39, 0.29) is 18.4 Å². The second-order valence-electron chi connectivity index (χ2n) is 10.8. The van der Waals surface area contributed by atoms with E-state index in [0.717, 1.165) is 33.9 Å². The lowest BCUT2D eigenvalue weighted by molar-refractivity contribution is -0.140. The highest BCUT2D eigenvalue weighted by Crippen LogP contribution is 2.29. The van der Waals surface area contributed by atoms with Crippen LogP contribution in [-0.4, -0.2) is 38.6 Å². The van der Waals surface area contributed by atoms with Crippen molar-refractivity contribution >= 4 is 39.8 Å². The predicted molar refractivity (Wildman–Crippen MR) is 157 cm³/mol. The van der Waals surface area contributed by atoms with Crippen molar-refractivity contribution in [2.24, 2.45) is 0 Å². The highest BCUT2D eigenvalue weighted by Gasteiger charge is 2.32. The second-order valence-corrected chi connectivity index (χ2v) is 10.8. The Morgan fingerprint density at radius 2 is 1.85 bits per heavy atom. The van der Waals surface area contributed by atoms with Gasteiger partial charge in [-0.1, -0.05) is 49.8 Å². The maximum atomic E-state index is 14.1. The lowest BCUT2D eigenvalue weighted by Crippen LogP contribution is -2.49. The van der Waals surface area contributed by atoms with Crippen LogP contribution in [0.2, 0.25) is 0 Å². The molecule has 0 bridgehead atoms. The zero-order chi connectivity index (χ0) is 29.0. The zero-order valence-electron chi connectivity index (χ0n) is 23.6. The molecule has 0 spiro atoms. The van der Waals surface area contributed by atoms with E-state index < -0.39 is 34.7 Å². The first-order valence-electron chi connectivity index (χ1n) is 13.5. The lowest BCUT2D eigenvalue weighted by atomic mass is 10.0. The number of ether oxygens (including phenoxy) is 1. The number of amides is 1. The van der Waals surface area contributed by atoms with Crippen LogP contribution in [0, 0.1) is 0 Å². The van der Waals surface area contributed by atoms with Gasteiger partial charge in [0.2, 0.25) is 5.91 Å². The van der Waals surface area contributed by atoms with Crippen molar-refractivity contribution in [1.29, 1.82) is 0 Å². The van der Waals surface area contributed by atoms with Crippen LogP contribution in [0.3, 0.4) is 0 Å². The van der Waals surface area contributed by atoms with Crippen molar-refractivity contribution in [1.82, 2.24) is 19.4 Å². The Hall–Kier alpha value is -4.40. The Labute approximate surface area is 232 Å². The zero-order valence-corrected chi connectivity index (χ0v) is 23.6. The largest absolute Gasteiger partial charge is 0.469 e. The van der Waals surface area contributed by atoms with Gasteiger partial charge in [0, 0.05) is 34.7 Å². The molecule has 0 fully saturated rings. The van der Waals surface area contributed by atoms with Gasteiger partial charge in [-0.3, -0.25) is 23.5 Å². The number of H-pyrrole nitrogens is 1. The first-order valence-corrected chi connectivity index (χ1v) is 13.5. The van der Waals surface area contributed by atoms with Gasteiger partial charge >= 0.3 is 11.7 Å². The molecule has 1 atom stereocenters. The first kappa shape index (κ1) is 28.6. The molecule has 2 aromatic heterocycles. The molecule has 210 valence electrons. The highest BCUT2D eigenvalue weighted by atomic mass is 16.5. The number of aromatic amines is 1. The van der Waals surface area contributed by atoms with E-state index in [1.54, 1.807) is 18.3 Å². The molecule has 4 rings (SSSR count). The minimum Gasteiger partial charge on any atom is -0.469 e. The molecule has 4 aromatic rings. The number of unbranched alkanes of at least 4 members (excludes halogenated alkanes) is 1. The summed E-state index contributed by atoms with van der Waals surface area (Å²) in [5.74, 6) is -0.946. The number of hydrogen-bond donors (Lipinski definition) is 2. The van der Waals surface area contributed by atoms with Gasteiger partial charge in [-0.05, 0) is 51.0 Å². The summed E-state index contributed by atoms with van der Waals surface area (Å²) in [7, 11) is 1.25. The van der Waals surface area contributed by atoms with Crippen molar-refractivity contribution in [3.05, 3.63) is 86.7 Å². The lowest BCUT2D eigenvalue weighted by Gasteiger charge is -2.27. The number of rotatable bonds is 9. The van der Waals surface area contributed by atoms with Gasteiger partial charge in [0.25, 0.3) is 5.56 Å². The van der Waals surface area contributed by atoms with E-state index in [0.29, 0.717) is 11.1 Å². The van der Waals surface area contributed by atoms with Crippen LogP contribution in [0.1, 0.15) is 64.1 Å². The first-order chi connectivity index (χ1) is 19.1. The number of hydrogen-bond acceptors (Lipinski definition) is 5. The van der Waals surface area contributed by atoms with E-state index in [1.165, 1.54) is 11.7 Å². The van der Waals surface area contributed by atoms with Crippen molar-refractivity contribution in [3.8, 4) is 0 Å². The minimum atomic E-state index is -1.10. The third-order valence-electron chi connectivity index (χ3n) is 6.65. The number of esters is 1. The summed E-state index contributed by atoms with van der Waals surface area (Å²) >= 11 is 0. The van der Waals surface area contributed by atoms with E-state index in [9.17, 15) is 19.2 Å². The molecule has 40 heavy (non-hydrogen) atoms. The molecule has 0 aliphatic heterocycles. The number of nitrogens with one attached hydrogen (secondary N) is 2. The number of carbonyl (C=O) groups is 2. The molecular weight excluding hydrogens is 508 g/mol. The monoisotopic (exact) mass is 544 g/mol. The Morgan fingerprint density at radius 3 is 2.55 bits per heavy atom. The topological polar surface area (TPSA) is 115 Å². The SMILES string of the molecule is CCCC=Cc1ccc2c(c1)c(=O)n(CCC(=O)OC)c(=O)n2C(C(=O)NC(C)(C)C)c1c[nH]c2ccccc12. The van der Waals surface area contributed by atoms with Gasteiger partial charge in [0.15, 0.2) is 0 Å². The number of aromatic nitrogens is 3. The molecule has 2 aromatic carbocycles. The minimum absolute atomic E-state index is 0.167. The number of carbonyl (C=O) groups excluding carboxylic acids is 2. The quantitative estimate of drug-likeness (QED) is 0.301. The van der Waals surface area contributed by atoms with Gasteiger partial charge in [-0.25, -0.2) is 4.79 Å². The number of benzene rings is 2. The number of allylic oxidation sites excluding steroid dienone is 1. The predicted octanol–water partition coefficient (Wildman–Crippen LogP) is 4.53. The van der Waals surface area contributed by atoms with Crippen molar-refractivity contribution in [2.75, 3.05) is 7.11 Å². The molecule has 0 aliphatic carbocycles. The summed E-state index contributed by atoms with van der Waals surface area (Å²) in [5.41, 5.74) is 0.727. The van der Waals surface area contributed by atoms with Crippen LogP contribution < -0.4 is 16.6 Å². The van der Waals surface area contributed by atoms with Crippen LogP contribution in [0.15, 0.2) is 64.3 Å². The van der Waals surface area contributed by atoms with E-state index >= 15 is 0 Å². The van der Waals surface area contributed by atoms with E-state index in [4.69, 9.17) is 4.74 Å². The molecule has 0 aliphatic rings. The van der Waals surface area contributed by atoms with Crippen molar-refractivity contribution in [3.63, 3.8) is 0 Å². The molecule has 1 amide bonds. The van der Waals surface area contributed by atoms with Crippen LogP contribution >= 0.6 is 0 Å². The fourth-order valence-corrected chi connectivity index (χ4v) is 4.80. The average Bonchev–Trinajstić information content (AvgIpc) is 3.33.